The highest BCUT2D eigenvalue weighted by Crippen LogP contribution is 2.42. The van der Waals surface area contributed by atoms with Crippen molar-refractivity contribution in [1.82, 2.24) is 0 Å². The Balaban J connectivity index is 2.12. The zero-order valence-electron chi connectivity index (χ0n) is 17.0. The lowest BCUT2D eigenvalue weighted by molar-refractivity contribution is -0.385. The predicted octanol–water partition coefficient (Wildman–Crippen LogP) is 7.90. The molecule has 0 aliphatic rings. The summed E-state index contributed by atoms with van der Waals surface area (Å²) < 4.78 is 45.6. The van der Waals surface area contributed by atoms with E-state index in [9.17, 15) is 38.7 Å². The van der Waals surface area contributed by atoms with Crippen LogP contribution >= 0.6 is 31.9 Å². The van der Waals surface area contributed by atoms with E-state index in [4.69, 9.17) is 4.74 Å². The van der Waals surface area contributed by atoms with Gasteiger partial charge in [0.15, 0.2) is 0 Å². The molecule has 3 rings (SSSR count). The van der Waals surface area contributed by atoms with Crippen LogP contribution in [0.2, 0.25) is 0 Å². The van der Waals surface area contributed by atoms with E-state index in [1.807, 2.05) is 6.07 Å². The summed E-state index contributed by atoms with van der Waals surface area (Å²) in [6.45, 7) is 0. The maximum Gasteiger partial charge on any atom is 0.416 e. The number of nitro benzene ring substituents is 2. The fraction of sp³-hybridized carbons (Fsp3) is 0.0455. The summed E-state index contributed by atoms with van der Waals surface area (Å²) in [5.41, 5.74) is -1.61. The zero-order valence-corrected chi connectivity index (χ0v) is 20.2. The Hall–Kier alpha value is -3.76. The SMILES string of the molecule is N#C/C(=C\c1cc(Br)cc(Br)c1Oc1ccc(C(F)(F)F)cc1[N+](=O)[O-])c1ccc([N+](=O)[O-])cc1. The molecule has 0 aliphatic heterocycles. The van der Waals surface area contributed by atoms with Crippen molar-refractivity contribution in [2.45, 2.75) is 6.18 Å². The molecule has 178 valence electrons. The molecule has 0 N–H and O–H groups in total. The third-order valence-electron chi connectivity index (χ3n) is 4.54. The fourth-order valence-electron chi connectivity index (χ4n) is 2.93. The standard InChI is InChI=1S/C22H10Br2F3N3O5/c23-16-8-13(7-14(11-28)12-1-4-17(5-2-12)29(31)32)21(18(24)10-16)35-20-6-3-15(22(25,26)27)9-19(20)30(33)34/h1-10H/b14-7+. The van der Waals surface area contributed by atoms with Crippen LogP contribution in [0.25, 0.3) is 11.6 Å². The normalized spacial score (nSPS) is 11.6. The van der Waals surface area contributed by atoms with Gasteiger partial charge in [0.1, 0.15) is 5.75 Å². The Morgan fingerprint density at radius 2 is 1.66 bits per heavy atom. The molecule has 0 bridgehead atoms. The summed E-state index contributed by atoms with van der Waals surface area (Å²) in [5, 5.41) is 32.0. The molecule has 13 heteroatoms. The van der Waals surface area contributed by atoms with Gasteiger partial charge in [0.05, 0.1) is 31.5 Å². The number of nitrogens with zero attached hydrogens (tertiary/aromatic N) is 3. The number of benzene rings is 3. The van der Waals surface area contributed by atoms with Crippen molar-refractivity contribution in [2.75, 3.05) is 0 Å². The van der Waals surface area contributed by atoms with Crippen LogP contribution in [0.4, 0.5) is 24.5 Å². The number of hydrogen-bond donors (Lipinski definition) is 0. The van der Waals surface area contributed by atoms with Crippen LogP contribution in [-0.2, 0) is 6.18 Å². The first-order valence-corrected chi connectivity index (χ1v) is 10.9. The smallest absolute Gasteiger partial charge is 0.416 e. The van der Waals surface area contributed by atoms with Gasteiger partial charge in [0.25, 0.3) is 5.69 Å². The topological polar surface area (TPSA) is 119 Å². The van der Waals surface area contributed by atoms with Crippen LogP contribution in [-0.4, -0.2) is 9.85 Å². The second-order valence-corrected chi connectivity index (χ2v) is 8.59. The van der Waals surface area contributed by atoms with Crippen LogP contribution in [0, 0.1) is 31.6 Å². The number of allylic oxidation sites excluding steroid dienone is 1. The molecule has 0 unspecified atom stereocenters. The molecule has 0 spiro atoms. The summed E-state index contributed by atoms with van der Waals surface area (Å²) in [7, 11) is 0. The Kier molecular flexibility index (Phi) is 7.57. The van der Waals surface area contributed by atoms with E-state index in [2.05, 4.69) is 31.9 Å². The molecule has 0 radical (unpaired) electrons. The van der Waals surface area contributed by atoms with Crippen molar-refractivity contribution in [3.8, 4) is 17.6 Å². The minimum absolute atomic E-state index is 0.00859. The highest BCUT2D eigenvalue weighted by molar-refractivity contribution is 9.11. The van der Waals surface area contributed by atoms with Crippen LogP contribution in [0.15, 0.2) is 63.5 Å². The molecule has 0 saturated carbocycles. The summed E-state index contributed by atoms with van der Waals surface area (Å²) in [6, 6.07) is 12.1. The van der Waals surface area contributed by atoms with E-state index >= 15 is 0 Å². The number of rotatable bonds is 6. The predicted molar refractivity (Wildman–Crippen MR) is 127 cm³/mol. The highest BCUT2D eigenvalue weighted by atomic mass is 79.9. The van der Waals surface area contributed by atoms with Gasteiger partial charge in [-0.2, -0.15) is 18.4 Å². The van der Waals surface area contributed by atoms with Crippen LogP contribution in [0.3, 0.4) is 0 Å². The monoisotopic (exact) mass is 611 g/mol. The van der Waals surface area contributed by atoms with Crippen molar-refractivity contribution in [2.24, 2.45) is 0 Å². The molecule has 0 heterocycles. The first-order chi connectivity index (χ1) is 16.4. The molecular weight excluding hydrogens is 603 g/mol. The van der Waals surface area contributed by atoms with E-state index in [1.165, 1.54) is 36.4 Å². The van der Waals surface area contributed by atoms with Crippen molar-refractivity contribution >= 4 is 54.9 Å². The summed E-state index contributed by atoms with van der Waals surface area (Å²) in [6.07, 6.45) is -3.41. The van der Waals surface area contributed by atoms with Gasteiger partial charge in [0, 0.05) is 28.2 Å². The molecular formula is C22H10Br2F3N3O5. The molecule has 0 amide bonds. The lowest BCUT2D eigenvalue weighted by Crippen LogP contribution is -2.06. The second kappa shape index (κ2) is 10.2. The quantitative estimate of drug-likeness (QED) is 0.121. The Bertz CT molecular complexity index is 1400. The van der Waals surface area contributed by atoms with Gasteiger partial charge in [-0.15, -0.1) is 0 Å². The molecule has 0 fully saturated rings. The van der Waals surface area contributed by atoms with Gasteiger partial charge in [-0.3, -0.25) is 20.2 Å². The summed E-state index contributed by atoms with van der Waals surface area (Å²) >= 11 is 6.55. The van der Waals surface area contributed by atoms with Gasteiger partial charge in [-0.1, -0.05) is 15.9 Å². The van der Waals surface area contributed by atoms with Gasteiger partial charge in [0.2, 0.25) is 5.75 Å². The van der Waals surface area contributed by atoms with E-state index < -0.39 is 33.0 Å². The van der Waals surface area contributed by atoms with Gasteiger partial charge < -0.3 is 4.74 Å². The Labute approximate surface area is 211 Å². The van der Waals surface area contributed by atoms with E-state index in [-0.39, 0.29) is 27.0 Å². The lowest BCUT2D eigenvalue weighted by Gasteiger charge is -2.14. The third kappa shape index (κ3) is 6.03. The minimum Gasteiger partial charge on any atom is -0.448 e. The second-order valence-electron chi connectivity index (χ2n) is 6.82. The largest absolute Gasteiger partial charge is 0.448 e. The van der Waals surface area contributed by atoms with Crippen molar-refractivity contribution < 1.29 is 27.8 Å². The summed E-state index contributed by atoms with van der Waals surface area (Å²) in [5.74, 6) is -0.458. The van der Waals surface area contributed by atoms with Gasteiger partial charge in [-0.05, 0) is 64.0 Å². The summed E-state index contributed by atoms with van der Waals surface area (Å²) in [4.78, 5) is 20.7. The average molecular weight is 613 g/mol. The van der Waals surface area contributed by atoms with E-state index in [0.717, 1.165) is 6.07 Å². The number of nitriles is 1. The lowest BCUT2D eigenvalue weighted by atomic mass is 10.0. The average Bonchev–Trinajstić information content (AvgIpc) is 2.78. The van der Waals surface area contributed by atoms with E-state index in [1.54, 1.807) is 6.07 Å². The maximum atomic E-state index is 13.0. The van der Waals surface area contributed by atoms with Crippen LogP contribution < -0.4 is 4.74 Å². The van der Waals surface area contributed by atoms with Crippen molar-refractivity contribution in [1.29, 1.82) is 5.26 Å². The maximum absolute atomic E-state index is 13.0. The molecule has 0 aliphatic carbocycles. The Morgan fingerprint density at radius 3 is 2.20 bits per heavy atom. The highest BCUT2D eigenvalue weighted by Gasteiger charge is 2.33. The van der Waals surface area contributed by atoms with Gasteiger partial charge in [-0.25, -0.2) is 0 Å². The molecule has 0 aromatic heterocycles. The number of alkyl halides is 3. The molecule has 35 heavy (non-hydrogen) atoms. The molecule has 3 aromatic rings. The number of ether oxygens (including phenoxy) is 1. The minimum atomic E-state index is -4.79. The van der Waals surface area contributed by atoms with Crippen LogP contribution in [0.1, 0.15) is 16.7 Å². The molecule has 3 aromatic carbocycles. The van der Waals surface area contributed by atoms with Crippen molar-refractivity contribution in [3.63, 3.8) is 0 Å². The zero-order chi connectivity index (χ0) is 25.9. The first kappa shape index (κ1) is 25.9. The number of non-ortho nitro benzene ring substituents is 1. The molecule has 8 nitrogen and oxygen atoms in total. The Morgan fingerprint density at radius 1 is 1.00 bits per heavy atom. The number of nitro groups is 2. The van der Waals surface area contributed by atoms with Gasteiger partial charge >= 0.3 is 11.9 Å². The van der Waals surface area contributed by atoms with E-state index in [0.29, 0.717) is 22.2 Å². The van der Waals surface area contributed by atoms with Crippen molar-refractivity contribution in [3.05, 3.63) is 100 Å². The molecule has 0 saturated heterocycles. The third-order valence-corrected chi connectivity index (χ3v) is 5.59. The van der Waals surface area contributed by atoms with Crippen LogP contribution in [0.5, 0.6) is 11.5 Å². The number of hydrogen-bond acceptors (Lipinski definition) is 6. The molecule has 0 atom stereocenters. The fourth-order valence-corrected chi connectivity index (χ4v) is 4.27. The first-order valence-electron chi connectivity index (χ1n) is 9.30. The number of halogens is 5.